The third-order valence-electron chi connectivity index (χ3n) is 4.09. The second-order valence-electron chi connectivity index (χ2n) is 7.46. The van der Waals surface area contributed by atoms with Crippen molar-refractivity contribution in [2.24, 2.45) is 11.7 Å². The third kappa shape index (κ3) is 11.5. The quantitative estimate of drug-likeness (QED) is 0.159. The molecule has 0 aromatic heterocycles. The molecular weight excluding hydrogens is 416 g/mol. The SMILES string of the molecule is CC(C)C[C@H](NC(=O)[C@H](CC(=O)O)NC(=O)[C@@H](N)CCC(=O)O)C(=O)N[C@@H](C)C(=O)O. The van der Waals surface area contributed by atoms with E-state index in [1.165, 1.54) is 6.92 Å². The summed E-state index contributed by atoms with van der Waals surface area (Å²) in [5.41, 5.74) is 5.57. The maximum atomic E-state index is 12.6. The summed E-state index contributed by atoms with van der Waals surface area (Å²) >= 11 is 0. The summed E-state index contributed by atoms with van der Waals surface area (Å²) in [5.74, 6) is -6.65. The standard InChI is InChI=1S/C18H30N4O9/c1-8(2)6-11(16(28)20-9(3)18(30)31)22-17(29)12(7-14(25)26)21-15(27)10(19)4-5-13(23)24/h8-12H,4-7,19H2,1-3H3,(H,20,28)(H,21,27)(H,22,29)(H,23,24)(H,25,26)(H,30,31)/t9-,10-,11-,12-/m0/s1. The molecule has 0 aromatic carbocycles. The first-order valence-electron chi connectivity index (χ1n) is 9.57. The van der Waals surface area contributed by atoms with E-state index in [4.69, 9.17) is 21.1 Å². The van der Waals surface area contributed by atoms with Gasteiger partial charge in [0.2, 0.25) is 17.7 Å². The fourth-order valence-electron chi connectivity index (χ4n) is 2.42. The minimum absolute atomic E-state index is 0.0897. The van der Waals surface area contributed by atoms with Gasteiger partial charge in [0.15, 0.2) is 0 Å². The molecule has 3 amide bonds. The molecule has 0 spiro atoms. The van der Waals surface area contributed by atoms with Crippen molar-refractivity contribution in [3.8, 4) is 0 Å². The molecule has 31 heavy (non-hydrogen) atoms. The number of nitrogens with two attached hydrogens (primary N) is 1. The number of carboxylic acid groups (broad SMARTS) is 3. The number of rotatable bonds is 14. The van der Waals surface area contributed by atoms with Gasteiger partial charge in [-0.2, -0.15) is 0 Å². The zero-order chi connectivity index (χ0) is 24.3. The summed E-state index contributed by atoms with van der Waals surface area (Å²) in [6.07, 6.45) is -1.32. The molecule has 0 aliphatic rings. The van der Waals surface area contributed by atoms with Crippen LogP contribution in [0, 0.1) is 5.92 Å². The summed E-state index contributed by atoms with van der Waals surface area (Å²) in [5, 5.41) is 33.3. The molecule has 0 bridgehead atoms. The Balaban J connectivity index is 5.34. The number of carboxylic acids is 3. The van der Waals surface area contributed by atoms with E-state index in [-0.39, 0.29) is 18.8 Å². The number of carbonyl (C=O) groups excluding carboxylic acids is 3. The van der Waals surface area contributed by atoms with Gasteiger partial charge in [-0.3, -0.25) is 28.8 Å². The summed E-state index contributed by atoms with van der Waals surface area (Å²) in [7, 11) is 0. The van der Waals surface area contributed by atoms with Crippen molar-refractivity contribution in [3.05, 3.63) is 0 Å². The highest BCUT2D eigenvalue weighted by Gasteiger charge is 2.31. The van der Waals surface area contributed by atoms with Crippen LogP contribution >= 0.6 is 0 Å². The van der Waals surface area contributed by atoms with Gasteiger partial charge < -0.3 is 37.0 Å². The van der Waals surface area contributed by atoms with Crippen LogP contribution in [0.25, 0.3) is 0 Å². The van der Waals surface area contributed by atoms with E-state index < -0.39 is 72.6 Å². The molecule has 13 heteroatoms. The van der Waals surface area contributed by atoms with Crippen LogP contribution in [0.1, 0.15) is 46.5 Å². The molecule has 0 fully saturated rings. The van der Waals surface area contributed by atoms with E-state index in [1.807, 2.05) is 0 Å². The smallest absolute Gasteiger partial charge is 0.325 e. The highest BCUT2D eigenvalue weighted by Crippen LogP contribution is 2.07. The van der Waals surface area contributed by atoms with E-state index in [2.05, 4.69) is 16.0 Å². The number of hydrogen-bond acceptors (Lipinski definition) is 7. The number of amides is 3. The Labute approximate surface area is 178 Å². The first kappa shape index (κ1) is 27.8. The fourth-order valence-corrected chi connectivity index (χ4v) is 2.42. The van der Waals surface area contributed by atoms with E-state index in [0.29, 0.717) is 0 Å². The Morgan fingerprint density at radius 3 is 1.74 bits per heavy atom. The number of nitrogens with one attached hydrogen (secondary N) is 3. The second-order valence-corrected chi connectivity index (χ2v) is 7.46. The number of aliphatic carboxylic acids is 3. The maximum absolute atomic E-state index is 12.6. The van der Waals surface area contributed by atoms with Crippen molar-refractivity contribution in [1.29, 1.82) is 0 Å². The minimum Gasteiger partial charge on any atom is -0.481 e. The fraction of sp³-hybridized carbons (Fsp3) is 0.667. The molecule has 176 valence electrons. The van der Waals surface area contributed by atoms with Gasteiger partial charge in [-0.25, -0.2) is 0 Å². The van der Waals surface area contributed by atoms with Crippen LogP contribution in [0.3, 0.4) is 0 Å². The molecule has 0 rings (SSSR count). The molecule has 0 saturated carbocycles. The topological polar surface area (TPSA) is 225 Å². The maximum Gasteiger partial charge on any atom is 0.325 e. The van der Waals surface area contributed by atoms with E-state index in [0.717, 1.165) is 0 Å². The van der Waals surface area contributed by atoms with Crippen LogP contribution in [0.5, 0.6) is 0 Å². The Morgan fingerprint density at radius 2 is 1.29 bits per heavy atom. The minimum atomic E-state index is -1.58. The zero-order valence-corrected chi connectivity index (χ0v) is 17.6. The Kier molecular flexibility index (Phi) is 11.8. The van der Waals surface area contributed by atoms with Crippen molar-refractivity contribution in [1.82, 2.24) is 16.0 Å². The van der Waals surface area contributed by atoms with Crippen molar-refractivity contribution in [2.45, 2.75) is 70.6 Å². The van der Waals surface area contributed by atoms with E-state index >= 15 is 0 Å². The van der Waals surface area contributed by atoms with Crippen molar-refractivity contribution < 1.29 is 44.1 Å². The van der Waals surface area contributed by atoms with Gasteiger partial charge in [0.25, 0.3) is 0 Å². The van der Waals surface area contributed by atoms with Gasteiger partial charge in [0.1, 0.15) is 18.1 Å². The van der Waals surface area contributed by atoms with Crippen molar-refractivity contribution in [3.63, 3.8) is 0 Å². The molecule has 8 N–H and O–H groups in total. The Morgan fingerprint density at radius 1 is 0.774 bits per heavy atom. The van der Waals surface area contributed by atoms with Gasteiger partial charge in [-0.05, 0) is 25.7 Å². The summed E-state index contributed by atoms with van der Waals surface area (Å²) < 4.78 is 0. The molecular formula is C18H30N4O9. The second kappa shape index (κ2) is 13.2. The summed E-state index contributed by atoms with van der Waals surface area (Å²) in [6.45, 7) is 4.75. The normalized spacial score (nSPS) is 14.6. The lowest BCUT2D eigenvalue weighted by molar-refractivity contribution is -0.143. The highest BCUT2D eigenvalue weighted by atomic mass is 16.4. The van der Waals surface area contributed by atoms with Crippen LogP contribution < -0.4 is 21.7 Å². The molecule has 0 heterocycles. The molecule has 0 aliphatic carbocycles. The lowest BCUT2D eigenvalue weighted by Gasteiger charge is -2.25. The Hall–Kier alpha value is -3.22. The summed E-state index contributed by atoms with van der Waals surface area (Å²) in [4.78, 5) is 69.8. The molecule has 4 atom stereocenters. The average Bonchev–Trinajstić information content (AvgIpc) is 2.63. The molecule has 0 aliphatic heterocycles. The molecule has 0 saturated heterocycles. The van der Waals surface area contributed by atoms with Gasteiger partial charge in [-0.1, -0.05) is 13.8 Å². The van der Waals surface area contributed by atoms with Gasteiger partial charge in [-0.15, -0.1) is 0 Å². The predicted octanol–water partition coefficient (Wildman–Crippen LogP) is -1.74. The zero-order valence-electron chi connectivity index (χ0n) is 17.6. The van der Waals surface area contributed by atoms with Crippen molar-refractivity contribution >= 4 is 35.6 Å². The lowest BCUT2D eigenvalue weighted by Crippen LogP contribution is -2.57. The van der Waals surface area contributed by atoms with Crippen LogP contribution in [0.15, 0.2) is 0 Å². The van der Waals surface area contributed by atoms with Gasteiger partial charge in [0.05, 0.1) is 12.5 Å². The molecule has 0 unspecified atom stereocenters. The van der Waals surface area contributed by atoms with Gasteiger partial charge in [0, 0.05) is 6.42 Å². The van der Waals surface area contributed by atoms with Gasteiger partial charge >= 0.3 is 17.9 Å². The monoisotopic (exact) mass is 446 g/mol. The van der Waals surface area contributed by atoms with Crippen LogP contribution in [-0.2, 0) is 28.8 Å². The molecule has 0 aromatic rings. The Bertz CT molecular complexity index is 696. The molecule has 0 radical (unpaired) electrons. The summed E-state index contributed by atoms with van der Waals surface area (Å²) in [6, 6.07) is -5.27. The van der Waals surface area contributed by atoms with E-state index in [9.17, 15) is 28.8 Å². The first-order valence-corrected chi connectivity index (χ1v) is 9.57. The number of carbonyl (C=O) groups is 6. The number of hydrogen-bond donors (Lipinski definition) is 7. The first-order chi connectivity index (χ1) is 14.2. The van der Waals surface area contributed by atoms with Crippen LogP contribution in [0.2, 0.25) is 0 Å². The largest absolute Gasteiger partial charge is 0.481 e. The van der Waals surface area contributed by atoms with Crippen molar-refractivity contribution in [2.75, 3.05) is 0 Å². The van der Waals surface area contributed by atoms with Crippen LogP contribution in [-0.4, -0.2) is 75.1 Å². The van der Waals surface area contributed by atoms with Crippen LogP contribution in [0.4, 0.5) is 0 Å². The lowest BCUT2D eigenvalue weighted by atomic mass is 10.0. The van der Waals surface area contributed by atoms with E-state index in [1.54, 1.807) is 13.8 Å². The molecule has 13 nitrogen and oxygen atoms in total. The highest BCUT2D eigenvalue weighted by molar-refractivity contribution is 5.95. The average molecular weight is 446 g/mol. The third-order valence-corrected chi connectivity index (χ3v) is 4.09. The predicted molar refractivity (Wildman–Crippen MR) is 106 cm³/mol.